The molecule has 0 saturated heterocycles. The van der Waals surface area contributed by atoms with E-state index < -0.39 is 0 Å². The molecule has 1 aliphatic heterocycles. The first-order valence-corrected chi connectivity index (χ1v) is 9.65. The molecule has 0 unspecified atom stereocenters. The zero-order valence-electron chi connectivity index (χ0n) is 16.3. The summed E-state index contributed by atoms with van der Waals surface area (Å²) in [5.74, 6) is 0.507. The van der Waals surface area contributed by atoms with E-state index in [2.05, 4.69) is 0 Å². The van der Waals surface area contributed by atoms with Gasteiger partial charge in [-0.1, -0.05) is 60.7 Å². The van der Waals surface area contributed by atoms with Gasteiger partial charge in [-0.2, -0.15) is 0 Å². The average Bonchev–Trinajstić information content (AvgIpc) is 2.78. The first-order chi connectivity index (χ1) is 14.7. The normalized spacial score (nSPS) is 15.5. The fraction of sp³-hybridized carbons (Fsp3) is 0.120. The molecule has 148 valence electrons. The summed E-state index contributed by atoms with van der Waals surface area (Å²) in [7, 11) is 1.48. The van der Waals surface area contributed by atoms with Gasteiger partial charge in [-0.05, 0) is 5.56 Å². The quantitative estimate of drug-likeness (QED) is 0.362. The summed E-state index contributed by atoms with van der Waals surface area (Å²) in [6, 6.07) is 22.2. The average molecular weight is 398 g/mol. The van der Waals surface area contributed by atoms with Crippen LogP contribution in [0.4, 0.5) is 0 Å². The molecular formula is C25H18O5. The number of hydrogen-bond donors (Lipinski definition) is 0. The number of hydrogen-bond acceptors (Lipinski definition) is 5. The van der Waals surface area contributed by atoms with E-state index in [1.807, 2.05) is 60.7 Å². The maximum atomic E-state index is 13.1. The smallest absolute Gasteiger partial charge is 0.312 e. The van der Waals surface area contributed by atoms with Gasteiger partial charge in [0.25, 0.3) is 0 Å². The highest BCUT2D eigenvalue weighted by Gasteiger charge is 2.33. The number of ether oxygens (including phenoxy) is 2. The summed E-state index contributed by atoms with van der Waals surface area (Å²) < 4.78 is 17.3. The largest absolute Gasteiger partial charge is 0.496 e. The van der Waals surface area contributed by atoms with E-state index in [1.165, 1.54) is 13.2 Å². The summed E-state index contributed by atoms with van der Waals surface area (Å²) in [5, 5.41) is 0.342. The summed E-state index contributed by atoms with van der Waals surface area (Å²) in [6.07, 6.45) is 0.164. The minimum absolute atomic E-state index is 0.164. The lowest BCUT2D eigenvalue weighted by Crippen LogP contribution is -2.22. The van der Waals surface area contributed by atoms with Crippen LogP contribution in [-0.2, 0) is 4.79 Å². The lowest BCUT2D eigenvalue weighted by atomic mass is 9.85. The van der Waals surface area contributed by atoms with Crippen LogP contribution >= 0.6 is 0 Å². The van der Waals surface area contributed by atoms with Crippen LogP contribution in [0.1, 0.15) is 23.5 Å². The van der Waals surface area contributed by atoms with Gasteiger partial charge >= 0.3 is 5.97 Å². The minimum Gasteiger partial charge on any atom is -0.496 e. The molecule has 0 bridgehead atoms. The summed E-state index contributed by atoms with van der Waals surface area (Å²) >= 11 is 0. The van der Waals surface area contributed by atoms with Crippen LogP contribution in [-0.4, -0.2) is 13.1 Å². The Morgan fingerprint density at radius 2 is 1.63 bits per heavy atom. The molecule has 0 radical (unpaired) electrons. The summed E-state index contributed by atoms with van der Waals surface area (Å²) in [6.45, 7) is 0. The predicted molar refractivity (Wildman–Crippen MR) is 113 cm³/mol. The molecule has 5 nitrogen and oxygen atoms in total. The molecule has 5 heteroatoms. The monoisotopic (exact) mass is 398 g/mol. The van der Waals surface area contributed by atoms with Gasteiger partial charge in [0.05, 0.1) is 13.5 Å². The minimum atomic E-state index is -0.334. The van der Waals surface area contributed by atoms with Crippen molar-refractivity contribution in [2.75, 3.05) is 7.11 Å². The van der Waals surface area contributed by atoms with Gasteiger partial charge in [-0.15, -0.1) is 0 Å². The second kappa shape index (κ2) is 7.19. The van der Waals surface area contributed by atoms with Crippen LogP contribution in [0.15, 0.2) is 82.0 Å². The van der Waals surface area contributed by atoms with Gasteiger partial charge in [0, 0.05) is 29.2 Å². The number of carbonyl (C=O) groups excluding carboxylic acids is 1. The molecule has 0 N–H and O–H groups in total. The van der Waals surface area contributed by atoms with Gasteiger partial charge < -0.3 is 13.9 Å². The van der Waals surface area contributed by atoms with Gasteiger partial charge in [0.1, 0.15) is 28.2 Å². The molecule has 2 heterocycles. The molecular weight excluding hydrogens is 380 g/mol. The van der Waals surface area contributed by atoms with Crippen molar-refractivity contribution in [2.45, 2.75) is 12.3 Å². The van der Waals surface area contributed by atoms with E-state index in [0.29, 0.717) is 33.8 Å². The lowest BCUT2D eigenvalue weighted by molar-refractivity contribution is -0.135. The first kappa shape index (κ1) is 18.2. The van der Waals surface area contributed by atoms with E-state index in [4.69, 9.17) is 13.9 Å². The maximum absolute atomic E-state index is 13.1. The Morgan fingerprint density at radius 1 is 0.933 bits per heavy atom. The molecule has 0 spiro atoms. The van der Waals surface area contributed by atoms with Crippen molar-refractivity contribution in [3.8, 4) is 22.8 Å². The zero-order valence-corrected chi connectivity index (χ0v) is 16.3. The van der Waals surface area contributed by atoms with Gasteiger partial charge in [-0.25, -0.2) is 0 Å². The SMILES string of the molecule is COc1cc2c(c3oc(-c4ccccc4)cc(=O)c13)[C@@H](c1ccccc1)CC(=O)O2. The Hall–Kier alpha value is -3.86. The zero-order chi connectivity index (χ0) is 20.7. The third-order valence-electron chi connectivity index (χ3n) is 5.39. The van der Waals surface area contributed by atoms with Crippen LogP contribution in [0.5, 0.6) is 11.5 Å². The van der Waals surface area contributed by atoms with Crippen molar-refractivity contribution in [1.29, 1.82) is 0 Å². The van der Waals surface area contributed by atoms with E-state index in [1.54, 1.807) is 6.07 Å². The van der Waals surface area contributed by atoms with Crippen molar-refractivity contribution in [3.63, 3.8) is 0 Å². The number of rotatable bonds is 3. The van der Waals surface area contributed by atoms with Crippen molar-refractivity contribution in [1.82, 2.24) is 0 Å². The Labute approximate surface area is 172 Å². The fourth-order valence-corrected chi connectivity index (χ4v) is 4.02. The molecule has 30 heavy (non-hydrogen) atoms. The molecule has 4 aromatic rings. The van der Waals surface area contributed by atoms with E-state index in [-0.39, 0.29) is 23.7 Å². The van der Waals surface area contributed by atoms with E-state index >= 15 is 0 Å². The van der Waals surface area contributed by atoms with Crippen molar-refractivity contribution in [2.24, 2.45) is 0 Å². The number of carbonyl (C=O) groups is 1. The molecule has 3 aromatic carbocycles. The first-order valence-electron chi connectivity index (χ1n) is 9.65. The molecule has 0 amide bonds. The number of methoxy groups -OCH3 is 1. The Kier molecular flexibility index (Phi) is 4.36. The summed E-state index contributed by atoms with van der Waals surface area (Å²) in [5.41, 5.74) is 2.61. The standard InChI is InChI=1S/C25H18O5/c1-28-20-14-21-23(17(12-22(27)29-21)15-8-4-2-5-9-15)25-24(20)18(26)13-19(30-25)16-10-6-3-7-11-16/h2-11,13-14,17H,12H2,1H3/t17-/m1/s1. The van der Waals surface area contributed by atoms with Crippen molar-refractivity contribution in [3.05, 3.63) is 94.1 Å². The Morgan fingerprint density at radius 3 is 2.33 bits per heavy atom. The van der Waals surface area contributed by atoms with E-state index in [0.717, 1.165) is 11.1 Å². The number of esters is 1. The van der Waals surface area contributed by atoms with E-state index in [9.17, 15) is 9.59 Å². The van der Waals surface area contributed by atoms with Crippen LogP contribution in [0.3, 0.4) is 0 Å². The summed E-state index contributed by atoms with van der Waals surface area (Å²) in [4.78, 5) is 25.4. The highest BCUT2D eigenvalue weighted by Crippen LogP contribution is 2.46. The number of fused-ring (bicyclic) bond motifs is 3. The van der Waals surface area contributed by atoms with Gasteiger partial charge in [-0.3, -0.25) is 9.59 Å². The second-order valence-corrected chi connectivity index (χ2v) is 7.18. The second-order valence-electron chi connectivity index (χ2n) is 7.18. The molecule has 0 aliphatic carbocycles. The fourth-order valence-electron chi connectivity index (χ4n) is 4.02. The lowest BCUT2D eigenvalue weighted by Gasteiger charge is -2.26. The van der Waals surface area contributed by atoms with Gasteiger partial charge in [0.2, 0.25) is 0 Å². The molecule has 5 rings (SSSR count). The third kappa shape index (κ3) is 2.95. The van der Waals surface area contributed by atoms with Crippen molar-refractivity contribution < 1.29 is 18.7 Å². The van der Waals surface area contributed by atoms with Crippen LogP contribution in [0, 0.1) is 0 Å². The maximum Gasteiger partial charge on any atom is 0.312 e. The van der Waals surface area contributed by atoms with Crippen LogP contribution in [0.25, 0.3) is 22.3 Å². The molecule has 1 atom stereocenters. The third-order valence-corrected chi connectivity index (χ3v) is 5.39. The topological polar surface area (TPSA) is 65.7 Å². The van der Waals surface area contributed by atoms with Crippen LogP contribution in [0.2, 0.25) is 0 Å². The predicted octanol–water partition coefficient (Wildman–Crippen LogP) is 4.91. The van der Waals surface area contributed by atoms with Crippen molar-refractivity contribution >= 4 is 16.9 Å². The highest BCUT2D eigenvalue weighted by atomic mass is 16.5. The molecule has 1 aliphatic rings. The molecule has 0 fully saturated rings. The highest BCUT2D eigenvalue weighted by molar-refractivity contribution is 5.93. The Balaban J connectivity index is 1.86. The van der Waals surface area contributed by atoms with Gasteiger partial charge in [0.15, 0.2) is 5.43 Å². The Bertz CT molecular complexity index is 1310. The molecule has 0 saturated carbocycles. The number of benzene rings is 3. The van der Waals surface area contributed by atoms with Crippen LogP contribution < -0.4 is 14.9 Å². The molecule has 1 aromatic heterocycles.